The summed E-state index contributed by atoms with van der Waals surface area (Å²) in [6.45, 7) is 1.97. The van der Waals surface area contributed by atoms with Crippen molar-refractivity contribution in [2.45, 2.75) is 19.3 Å². The number of nitrogens with one attached hydrogen (secondary N) is 1. The van der Waals surface area contributed by atoms with Gasteiger partial charge in [-0.1, -0.05) is 11.3 Å². The smallest absolute Gasteiger partial charge is 0.241 e. The summed E-state index contributed by atoms with van der Waals surface area (Å²) in [6, 6.07) is 15.8. The van der Waals surface area contributed by atoms with E-state index in [0.29, 0.717) is 0 Å². The summed E-state index contributed by atoms with van der Waals surface area (Å²) in [5, 5.41) is 3.99. The second-order valence-corrected chi connectivity index (χ2v) is 8.45. The highest BCUT2D eigenvalue weighted by Crippen LogP contribution is 2.40. The first-order valence-corrected chi connectivity index (χ1v) is 11.3. The van der Waals surface area contributed by atoms with Gasteiger partial charge in [0.25, 0.3) is 0 Å². The van der Waals surface area contributed by atoms with Crippen LogP contribution in [0.2, 0.25) is 0 Å². The van der Waals surface area contributed by atoms with Crippen molar-refractivity contribution in [2.24, 2.45) is 0 Å². The van der Waals surface area contributed by atoms with Crippen molar-refractivity contribution in [1.82, 2.24) is 9.88 Å². The van der Waals surface area contributed by atoms with Crippen LogP contribution < -0.4 is 14.8 Å². The zero-order valence-corrected chi connectivity index (χ0v) is 18.7. The van der Waals surface area contributed by atoms with Gasteiger partial charge in [0.1, 0.15) is 11.5 Å². The SMILES string of the molecule is COc1ccc(-c2nc(NCC(=O)N3CCCCC3)sc2-c2ccc(OC)cc2)cc1. The number of benzene rings is 2. The number of anilines is 1. The van der Waals surface area contributed by atoms with Crippen LogP contribution in [0, 0.1) is 0 Å². The van der Waals surface area contributed by atoms with E-state index in [9.17, 15) is 4.79 Å². The molecule has 1 fully saturated rings. The molecular formula is C24H27N3O3S. The van der Waals surface area contributed by atoms with Gasteiger partial charge in [-0.2, -0.15) is 0 Å². The van der Waals surface area contributed by atoms with Gasteiger partial charge >= 0.3 is 0 Å². The number of carbonyl (C=O) groups excluding carboxylic acids is 1. The molecule has 7 heteroatoms. The molecule has 1 aliphatic heterocycles. The number of carbonyl (C=O) groups is 1. The van der Waals surface area contributed by atoms with Crippen molar-refractivity contribution in [3.05, 3.63) is 48.5 Å². The Bertz CT molecular complexity index is 945. The van der Waals surface area contributed by atoms with Gasteiger partial charge in [0.2, 0.25) is 5.91 Å². The van der Waals surface area contributed by atoms with E-state index < -0.39 is 0 Å². The molecule has 31 heavy (non-hydrogen) atoms. The van der Waals surface area contributed by atoms with Crippen LogP contribution in [-0.4, -0.2) is 49.6 Å². The number of thiazole rings is 1. The van der Waals surface area contributed by atoms with Crippen molar-refractivity contribution in [3.63, 3.8) is 0 Å². The average molecular weight is 438 g/mol. The van der Waals surface area contributed by atoms with E-state index in [4.69, 9.17) is 14.5 Å². The van der Waals surface area contributed by atoms with E-state index in [-0.39, 0.29) is 12.5 Å². The van der Waals surface area contributed by atoms with Crippen LogP contribution in [0.3, 0.4) is 0 Å². The summed E-state index contributed by atoms with van der Waals surface area (Å²) in [5.74, 6) is 1.74. The first-order chi connectivity index (χ1) is 15.2. The number of piperidine rings is 1. The molecule has 0 unspecified atom stereocenters. The predicted molar refractivity (Wildman–Crippen MR) is 125 cm³/mol. The van der Waals surface area contributed by atoms with E-state index in [0.717, 1.165) is 64.3 Å². The van der Waals surface area contributed by atoms with E-state index in [1.54, 1.807) is 25.6 Å². The minimum atomic E-state index is 0.131. The lowest BCUT2D eigenvalue weighted by molar-refractivity contribution is -0.130. The molecule has 6 nitrogen and oxygen atoms in total. The van der Waals surface area contributed by atoms with E-state index in [1.165, 1.54) is 6.42 Å². The van der Waals surface area contributed by atoms with Crippen LogP contribution >= 0.6 is 11.3 Å². The Morgan fingerprint density at radius 1 is 0.935 bits per heavy atom. The van der Waals surface area contributed by atoms with Crippen molar-refractivity contribution < 1.29 is 14.3 Å². The number of ether oxygens (including phenoxy) is 2. The molecule has 1 N–H and O–H groups in total. The fraction of sp³-hybridized carbons (Fsp3) is 0.333. The van der Waals surface area contributed by atoms with E-state index >= 15 is 0 Å². The second kappa shape index (κ2) is 9.83. The zero-order chi connectivity index (χ0) is 21.6. The number of rotatable bonds is 7. The molecule has 1 amide bonds. The van der Waals surface area contributed by atoms with Gasteiger partial charge in [0, 0.05) is 18.7 Å². The summed E-state index contributed by atoms with van der Waals surface area (Å²) in [6.07, 6.45) is 3.39. The number of amides is 1. The van der Waals surface area contributed by atoms with Gasteiger partial charge in [-0.05, 0) is 73.4 Å². The fourth-order valence-electron chi connectivity index (χ4n) is 3.68. The Hall–Kier alpha value is -3.06. The molecule has 2 heterocycles. The number of hydrogen-bond acceptors (Lipinski definition) is 6. The zero-order valence-electron chi connectivity index (χ0n) is 17.9. The van der Waals surface area contributed by atoms with Crippen molar-refractivity contribution in [3.8, 4) is 33.2 Å². The minimum Gasteiger partial charge on any atom is -0.497 e. The van der Waals surface area contributed by atoms with Crippen molar-refractivity contribution in [1.29, 1.82) is 0 Å². The second-order valence-electron chi connectivity index (χ2n) is 7.45. The Kier molecular flexibility index (Phi) is 6.72. The van der Waals surface area contributed by atoms with Crippen LogP contribution in [0.1, 0.15) is 19.3 Å². The molecule has 0 saturated carbocycles. The Balaban J connectivity index is 1.60. The quantitative estimate of drug-likeness (QED) is 0.568. The Labute approximate surface area is 186 Å². The molecule has 0 radical (unpaired) electrons. The molecule has 1 aliphatic rings. The Morgan fingerprint density at radius 2 is 1.52 bits per heavy atom. The summed E-state index contributed by atoms with van der Waals surface area (Å²) in [7, 11) is 3.31. The van der Waals surface area contributed by atoms with Gasteiger partial charge in [-0.25, -0.2) is 4.98 Å². The summed E-state index contributed by atoms with van der Waals surface area (Å²) >= 11 is 1.55. The van der Waals surface area contributed by atoms with Crippen LogP contribution in [0.5, 0.6) is 11.5 Å². The van der Waals surface area contributed by atoms with Crippen LogP contribution in [-0.2, 0) is 4.79 Å². The maximum atomic E-state index is 12.6. The molecule has 4 rings (SSSR count). The molecule has 162 valence electrons. The number of aromatic nitrogens is 1. The number of methoxy groups -OCH3 is 2. The number of likely N-dealkylation sites (tertiary alicyclic amines) is 1. The standard InChI is InChI=1S/C24H27N3O3S/c1-29-19-10-6-17(7-11-19)22-23(18-8-12-20(30-2)13-9-18)31-24(26-22)25-16-21(28)27-14-4-3-5-15-27/h6-13H,3-5,14-16H2,1-2H3,(H,25,26). The topological polar surface area (TPSA) is 63.7 Å². The monoisotopic (exact) mass is 437 g/mol. The van der Waals surface area contributed by atoms with Gasteiger partial charge < -0.3 is 19.7 Å². The molecule has 0 atom stereocenters. The van der Waals surface area contributed by atoms with E-state index in [1.807, 2.05) is 53.4 Å². The first-order valence-electron chi connectivity index (χ1n) is 10.5. The molecule has 1 saturated heterocycles. The fourth-order valence-corrected chi connectivity index (χ4v) is 4.67. The highest BCUT2D eigenvalue weighted by molar-refractivity contribution is 7.19. The van der Waals surface area contributed by atoms with Gasteiger partial charge in [-0.15, -0.1) is 0 Å². The number of hydrogen-bond donors (Lipinski definition) is 1. The molecule has 0 spiro atoms. The minimum absolute atomic E-state index is 0.131. The van der Waals surface area contributed by atoms with Crippen molar-refractivity contribution in [2.75, 3.05) is 39.2 Å². The van der Waals surface area contributed by atoms with E-state index in [2.05, 4.69) is 5.32 Å². The molecule has 0 bridgehead atoms. The van der Waals surface area contributed by atoms with Crippen LogP contribution in [0.15, 0.2) is 48.5 Å². The van der Waals surface area contributed by atoms with Gasteiger partial charge in [-0.3, -0.25) is 4.79 Å². The molecule has 0 aliphatic carbocycles. The third-order valence-electron chi connectivity index (χ3n) is 5.44. The van der Waals surface area contributed by atoms with Crippen molar-refractivity contribution >= 4 is 22.4 Å². The first kappa shape index (κ1) is 21.2. The molecule has 1 aromatic heterocycles. The maximum absolute atomic E-state index is 12.6. The highest BCUT2D eigenvalue weighted by Gasteiger charge is 2.19. The summed E-state index contributed by atoms with van der Waals surface area (Å²) in [4.78, 5) is 20.4. The third-order valence-corrected chi connectivity index (χ3v) is 6.50. The molecule has 3 aromatic rings. The van der Waals surface area contributed by atoms with Crippen LogP contribution in [0.4, 0.5) is 5.13 Å². The van der Waals surface area contributed by atoms with Crippen LogP contribution in [0.25, 0.3) is 21.7 Å². The maximum Gasteiger partial charge on any atom is 0.241 e. The summed E-state index contributed by atoms with van der Waals surface area (Å²) < 4.78 is 10.6. The third kappa shape index (κ3) is 4.99. The lowest BCUT2D eigenvalue weighted by atomic mass is 10.1. The number of nitrogens with zero attached hydrogens (tertiary/aromatic N) is 2. The van der Waals surface area contributed by atoms with Gasteiger partial charge in [0.05, 0.1) is 31.3 Å². The summed E-state index contributed by atoms with van der Waals surface area (Å²) in [5.41, 5.74) is 2.93. The molecular weight excluding hydrogens is 410 g/mol. The predicted octanol–water partition coefficient (Wildman–Crippen LogP) is 4.92. The van der Waals surface area contributed by atoms with Gasteiger partial charge in [0.15, 0.2) is 5.13 Å². The highest BCUT2D eigenvalue weighted by atomic mass is 32.1. The Morgan fingerprint density at radius 3 is 2.10 bits per heavy atom. The lowest BCUT2D eigenvalue weighted by Crippen LogP contribution is -2.39. The average Bonchev–Trinajstić information content (AvgIpc) is 3.27. The largest absolute Gasteiger partial charge is 0.497 e. The lowest BCUT2D eigenvalue weighted by Gasteiger charge is -2.26. The molecule has 2 aromatic carbocycles. The normalized spacial score (nSPS) is 13.7.